The summed E-state index contributed by atoms with van der Waals surface area (Å²) in [7, 11) is 0. The van der Waals surface area contributed by atoms with Gasteiger partial charge in [-0.1, -0.05) is 12.1 Å². The Balaban J connectivity index is 2.96. The van der Waals surface area contributed by atoms with Crippen LogP contribution in [0, 0.1) is 0 Å². The summed E-state index contributed by atoms with van der Waals surface area (Å²) in [5, 5.41) is 0. The average Bonchev–Trinajstić information content (AvgIpc) is 2.05. The van der Waals surface area contributed by atoms with E-state index in [-0.39, 0.29) is 5.56 Å². The number of nitrogens with two attached hydrogens (primary N) is 1. The molecule has 0 saturated heterocycles. The van der Waals surface area contributed by atoms with Crippen LogP contribution in [0.25, 0.3) is 0 Å². The first-order chi connectivity index (χ1) is 5.56. The lowest BCUT2D eigenvalue weighted by Crippen LogP contribution is -2.15. The standard InChI is InChI=1S/C8H8F3N/c9-5-8(10,11)6-1-3-7(12)4-2-6/h1-4H,5,12H2. The molecule has 66 valence electrons. The van der Waals surface area contributed by atoms with Crippen LogP contribution in [0.5, 0.6) is 0 Å². The number of hydrogen-bond acceptors (Lipinski definition) is 1. The molecule has 0 aliphatic carbocycles. The van der Waals surface area contributed by atoms with E-state index in [0.717, 1.165) is 12.1 Å². The maximum absolute atomic E-state index is 12.6. The molecule has 2 N–H and O–H groups in total. The minimum atomic E-state index is -3.40. The minimum Gasteiger partial charge on any atom is -0.399 e. The van der Waals surface area contributed by atoms with Crippen LogP contribution >= 0.6 is 0 Å². The van der Waals surface area contributed by atoms with Gasteiger partial charge in [0, 0.05) is 11.3 Å². The van der Waals surface area contributed by atoms with Crippen molar-refractivity contribution in [3.63, 3.8) is 0 Å². The number of rotatable bonds is 2. The van der Waals surface area contributed by atoms with E-state index in [0.29, 0.717) is 5.69 Å². The van der Waals surface area contributed by atoms with Crippen LogP contribution < -0.4 is 5.73 Å². The molecule has 0 radical (unpaired) electrons. The van der Waals surface area contributed by atoms with Gasteiger partial charge in [-0.3, -0.25) is 0 Å². The van der Waals surface area contributed by atoms with Gasteiger partial charge in [-0.2, -0.15) is 8.78 Å². The highest BCUT2D eigenvalue weighted by molar-refractivity contribution is 5.40. The van der Waals surface area contributed by atoms with Crippen LogP contribution in [0.1, 0.15) is 5.56 Å². The number of benzene rings is 1. The van der Waals surface area contributed by atoms with Gasteiger partial charge in [0.2, 0.25) is 0 Å². The molecule has 0 aromatic heterocycles. The summed E-state index contributed by atoms with van der Waals surface area (Å²) >= 11 is 0. The van der Waals surface area contributed by atoms with Crippen LogP contribution in [-0.2, 0) is 5.92 Å². The lowest BCUT2D eigenvalue weighted by Gasteiger charge is -2.11. The van der Waals surface area contributed by atoms with Gasteiger partial charge < -0.3 is 5.73 Å². The van der Waals surface area contributed by atoms with Gasteiger partial charge >= 0.3 is 5.92 Å². The zero-order valence-corrected chi connectivity index (χ0v) is 6.23. The van der Waals surface area contributed by atoms with Crippen molar-refractivity contribution in [1.29, 1.82) is 0 Å². The number of halogens is 3. The molecule has 0 aliphatic rings. The lowest BCUT2D eigenvalue weighted by atomic mass is 10.1. The predicted molar refractivity (Wildman–Crippen MR) is 40.7 cm³/mol. The second-order valence-electron chi connectivity index (χ2n) is 2.46. The predicted octanol–water partition coefficient (Wildman–Crippen LogP) is 2.33. The topological polar surface area (TPSA) is 26.0 Å². The van der Waals surface area contributed by atoms with E-state index in [1.807, 2.05) is 0 Å². The molecule has 0 saturated carbocycles. The molecule has 1 aromatic carbocycles. The Kier molecular flexibility index (Phi) is 2.26. The average molecular weight is 175 g/mol. The monoisotopic (exact) mass is 175 g/mol. The number of alkyl halides is 3. The van der Waals surface area contributed by atoms with Crippen molar-refractivity contribution in [2.75, 3.05) is 12.4 Å². The quantitative estimate of drug-likeness (QED) is 0.686. The van der Waals surface area contributed by atoms with Crippen LogP contribution in [0.2, 0.25) is 0 Å². The Hall–Kier alpha value is -1.19. The molecule has 0 spiro atoms. The fourth-order valence-electron chi connectivity index (χ4n) is 0.804. The summed E-state index contributed by atoms with van der Waals surface area (Å²) in [5.74, 6) is -3.40. The van der Waals surface area contributed by atoms with Gasteiger partial charge in [-0.25, -0.2) is 4.39 Å². The molecule has 4 heteroatoms. The third kappa shape index (κ3) is 1.69. The number of nitrogen functional groups attached to an aromatic ring is 1. The normalized spacial score (nSPS) is 11.6. The maximum Gasteiger partial charge on any atom is 0.301 e. The lowest BCUT2D eigenvalue weighted by molar-refractivity contribution is -0.0280. The molecule has 0 atom stereocenters. The van der Waals surface area contributed by atoms with E-state index in [4.69, 9.17) is 5.73 Å². The van der Waals surface area contributed by atoms with Crippen molar-refractivity contribution in [3.05, 3.63) is 29.8 Å². The third-order valence-electron chi connectivity index (χ3n) is 1.50. The third-order valence-corrected chi connectivity index (χ3v) is 1.50. The molecular formula is C8H8F3N. The Morgan fingerprint density at radius 1 is 1.17 bits per heavy atom. The number of hydrogen-bond donors (Lipinski definition) is 1. The summed E-state index contributed by atoms with van der Waals surface area (Å²) in [6, 6.07) is 4.88. The highest BCUT2D eigenvalue weighted by Gasteiger charge is 2.31. The molecule has 1 rings (SSSR count). The zero-order valence-electron chi connectivity index (χ0n) is 6.23. The fraction of sp³-hybridized carbons (Fsp3) is 0.250. The van der Waals surface area contributed by atoms with Crippen molar-refractivity contribution in [1.82, 2.24) is 0 Å². The summed E-state index contributed by atoms with van der Waals surface area (Å²) < 4.78 is 37.0. The Labute approximate surface area is 68.0 Å². The molecular weight excluding hydrogens is 167 g/mol. The number of anilines is 1. The zero-order chi connectivity index (χ0) is 9.19. The molecule has 1 aromatic rings. The van der Waals surface area contributed by atoms with Gasteiger partial charge in [0.15, 0.2) is 6.67 Å². The van der Waals surface area contributed by atoms with Gasteiger partial charge in [-0.05, 0) is 12.1 Å². The summed E-state index contributed by atoms with van der Waals surface area (Å²) in [6.07, 6.45) is 0. The summed E-state index contributed by atoms with van der Waals surface area (Å²) in [6.45, 7) is -1.68. The van der Waals surface area contributed by atoms with Crippen LogP contribution in [-0.4, -0.2) is 6.67 Å². The van der Waals surface area contributed by atoms with E-state index in [1.54, 1.807) is 0 Å². The van der Waals surface area contributed by atoms with Gasteiger partial charge in [0.1, 0.15) is 0 Å². The highest BCUT2D eigenvalue weighted by Crippen LogP contribution is 2.28. The van der Waals surface area contributed by atoms with Crippen molar-refractivity contribution in [3.8, 4) is 0 Å². The Bertz CT molecular complexity index is 256. The van der Waals surface area contributed by atoms with E-state index in [9.17, 15) is 13.2 Å². The summed E-state index contributed by atoms with van der Waals surface area (Å²) in [5.41, 5.74) is 5.31. The van der Waals surface area contributed by atoms with Crippen molar-refractivity contribution in [2.24, 2.45) is 0 Å². The smallest absolute Gasteiger partial charge is 0.301 e. The molecule has 0 heterocycles. The van der Waals surface area contributed by atoms with E-state index < -0.39 is 12.6 Å². The molecule has 0 unspecified atom stereocenters. The largest absolute Gasteiger partial charge is 0.399 e. The molecule has 12 heavy (non-hydrogen) atoms. The van der Waals surface area contributed by atoms with Crippen molar-refractivity contribution in [2.45, 2.75) is 5.92 Å². The first-order valence-electron chi connectivity index (χ1n) is 3.36. The van der Waals surface area contributed by atoms with Gasteiger partial charge in [0.25, 0.3) is 0 Å². The van der Waals surface area contributed by atoms with E-state index in [1.165, 1.54) is 12.1 Å². The molecule has 0 amide bonds. The Morgan fingerprint density at radius 3 is 2.08 bits per heavy atom. The highest BCUT2D eigenvalue weighted by atomic mass is 19.3. The first-order valence-corrected chi connectivity index (χ1v) is 3.36. The van der Waals surface area contributed by atoms with E-state index in [2.05, 4.69) is 0 Å². The fourth-order valence-corrected chi connectivity index (χ4v) is 0.804. The second kappa shape index (κ2) is 3.05. The minimum absolute atomic E-state index is 0.348. The molecule has 0 bridgehead atoms. The van der Waals surface area contributed by atoms with Gasteiger partial charge in [-0.15, -0.1) is 0 Å². The van der Waals surface area contributed by atoms with Crippen LogP contribution in [0.3, 0.4) is 0 Å². The molecule has 0 aliphatic heterocycles. The summed E-state index contributed by atoms with van der Waals surface area (Å²) in [4.78, 5) is 0. The maximum atomic E-state index is 12.6. The first kappa shape index (κ1) is 8.90. The molecule has 0 fully saturated rings. The van der Waals surface area contributed by atoms with E-state index >= 15 is 0 Å². The second-order valence-corrected chi connectivity index (χ2v) is 2.46. The molecule has 1 nitrogen and oxygen atoms in total. The van der Waals surface area contributed by atoms with Crippen LogP contribution in [0.15, 0.2) is 24.3 Å². The Morgan fingerprint density at radius 2 is 1.67 bits per heavy atom. The van der Waals surface area contributed by atoms with Crippen molar-refractivity contribution < 1.29 is 13.2 Å². The van der Waals surface area contributed by atoms with Gasteiger partial charge in [0.05, 0.1) is 0 Å². The van der Waals surface area contributed by atoms with Crippen LogP contribution in [0.4, 0.5) is 18.9 Å². The van der Waals surface area contributed by atoms with Crippen molar-refractivity contribution >= 4 is 5.69 Å². The SMILES string of the molecule is Nc1ccc(C(F)(F)CF)cc1.